The van der Waals surface area contributed by atoms with Gasteiger partial charge < -0.3 is 30.3 Å². The molecule has 0 bridgehead atoms. The van der Waals surface area contributed by atoms with Crippen molar-refractivity contribution in [1.82, 2.24) is 25.4 Å². The molecule has 0 saturated carbocycles. The molecule has 13 heteroatoms. The average Bonchev–Trinajstić information content (AvgIpc) is 3.30. The molecule has 1 aliphatic heterocycles. The van der Waals surface area contributed by atoms with Gasteiger partial charge >= 0.3 is 18.1 Å². The fourth-order valence-corrected chi connectivity index (χ4v) is 6.84. The van der Waals surface area contributed by atoms with E-state index < -0.39 is 53.2 Å². The van der Waals surface area contributed by atoms with E-state index in [4.69, 9.17) is 21.1 Å². The maximum atomic E-state index is 14.3. The quantitative estimate of drug-likeness (QED) is 0.196. The molecule has 52 heavy (non-hydrogen) atoms. The lowest BCUT2D eigenvalue weighted by Gasteiger charge is -2.40. The van der Waals surface area contributed by atoms with Crippen molar-refractivity contribution in [2.45, 2.75) is 163 Å². The number of likely N-dealkylation sites (tertiary alicyclic amines) is 1. The van der Waals surface area contributed by atoms with E-state index in [-0.39, 0.29) is 35.6 Å². The molecular formula is C39H60ClN5O7. The number of carbonyl (C=O) groups excluding carboxylic acids is 5. The Kier molecular flexibility index (Phi) is 14.6. The Balaban J connectivity index is 2.05. The first-order valence-corrected chi connectivity index (χ1v) is 19.0. The summed E-state index contributed by atoms with van der Waals surface area (Å²) in [5.41, 5.74) is -0.707. The molecule has 2 aromatic rings. The fourth-order valence-electron chi connectivity index (χ4n) is 6.50. The molecule has 5 atom stereocenters. The molecular weight excluding hydrogens is 686 g/mol. The molecule has 1 saturated heterocycles. The van der Waals surface area contributed by atoms with Crippen molar-refractivity contribution in [3.8, 4) is 0 Å². The van der Waals surface area contributed by atoms with Crippen molar-refractivity contribution >= 4 is 52.4 Å². The van der Waals surface area contributed by atoms with Gasteiger partial charge in [0.15, 0.2) is 0 Å². The van der Waals surface area contributed by atoms with E-state index in [1.165, 1.54) is 4.57 Å². The minimum Gasteiger partial charge on any atom is -0.458 e. The first-order valence-electron chi connectivity index (χ1n) is 18.6. The van der Waals surface area contributed by atoms with E-state index in [2.05, 4.69) is 16.0 Å². The van der Waals surface area contributed by atoms with Crippen LogP contribution in [0.1, 0.15) is 120 Å². The van der Waals surface area contributed by atoms with Gasteiger partial charge in [-0.1, -0.05) is 63.4 Å². The van der Waals surface area contributed by atoms with Gasteiger partial charge in [-0.05, 0) is 93.1 Å². The maximum absolute atomic E-state index is 14.3. The van der Waals surface area contributed by atoms with Crippen molar-refractivity contribution in [2.75, 3.05) is 0 Å². The number of esters is 1. The molecule has 0 radical (unpaired) electrons. The number of benzene rings is 1. The van der Waals surface area contributed by atoms with Crippen molar-refractivity contribution < 1.29 is 33.4 Å². The molecule has 2 heterocycles. The molecule has 12 nitrogen and oxygen atoms in total. The van der Waals surface area contributed by atoms with Crippen LogP contribution >= 0.6 is 11.6 Å². The van der Waals surface area contributed by atoms with Crippen LogP contribution in [0.3, 0.4) is 0 Å². The van der Waals surface area contributed by atoms with Crippen LogP contribution in [0.15, 0.2) is 24.3 Å². The second-order valence-corrected chi connectivity index (χ2v) is 16.7. The highest BCUT2D eigenvalue weighted by Crippen LogP contribution is 2.32. The summed E-state index contributed by atoms with van der Waals surface area (Å²) in [5, 5.41) is 9.25. The lowest BCUT2D eigenvalue weighted by molar-refractivity contribution is -0.159. The van der Waals surface area contributed by atoms with Crippen LogP contribution in [0, 0.1) is 5.92 Å². The third kappa shape index (κ3) is 11.3. The SMILES string of the molecule is CCCC[C@@H](NC(=O)[C@@H](Cc1c(Cl)n(C(=O)OC(C)(C)C)c2ccccc12)NC(=O)[C@@H](NC(=O)N1[C@H](C)CCC[C@@H]1C)C(C)C)C(=O)OC(C)(C)C. The highest BCUT2D eigenvalue weighted by molar-refractivity contribution is 6.33. The zero-order chi connectivity index (χ0) is 39.1. The number of carbonyl (C=O) groups is 5. The zero-order valence-corrected chi connectivity index (χ0v) is 33.6. The summed E-state index contributed by atoms with van der Waals surface area (Å²) in [6.07, 6.45) is 3.67. The van der Waals surface area contributed by atoms with Crippen molar-refractivity contribution in [2.24, 2.45) is 5.92 Å². The van der Waals surface area contributed by atoms with Crippen LogP contribution in [0.2, 0.25) is 5.15 Å². The van der Waals surface area contributed by atoms with Crippen LogP contribution in [-0.2, 0) is 30.3 Å². The number of hydrogen-bond donors (Lipinski definition) is 3. The number of piperidine rings is 1. The number of ether oxygens (including phenoxy) is 2. The Hall–Kier alpha value is -3.80. The predicted octanol–water partition coefficient (Wildman–Crippen LogP) is 7.12. The van der Waals surface area contributed by atoms with Gasteiger partial charge in [0, 0.05) is 29.5 Å². The normalized spacial score (nSPS) is 18.4. The maximum Gasteiger partial charge on any atom is 0.420 e. The number of nitrogens with one attached hydrogen (secondary N) is 3. The summed E-state index contributed by atoms with van der Waals surface area (Å²) in [6, 6.07) is 3.49. The molecule has 1 aromatic carbocycles. The number of rotatable bonds is 12. The number of hydrogen-bond acceptors (Lipinski definition) is 7. The van der Waals surface area contributed by atoms with E-state index in [0.717, 1.165) is 25.7 Å². The second kappa shape index (κ2) is 17.8. The molecule has 4 amide bonds. The third-order valence-electron chi connectivity index (χ3n) is 9.04. The molecule has 0 aliphatic carbocycles. The molecule has 3 rings (SSSR count). The van der Waals surface area contributed by atoms with E-state index >= 15 is 0 Å². The monoisotopic (exact) mass is 745 g/mol. The third-order valence-corrected chi connectivity index (χ3v) is 9.44. The van der Waals surface area contributed by atoms with E-state index in [0.29, 0.717) is 29.3 Å². The van der Waals surface area contributed by atoms with E-state index in [9.17, 15) is 24.0 Å². The molecule has 3 N–H and O–H groups in total. The standard InChI is InChI=1S/C39H60ClN5O7/c1-12-13-20-28(35(48)51-38(6,7)8)41-33(46)29(42-34(47)31(23(2)3)43-36(49)44-24(4)17-16-18-25(44)5)22-27-26-19-14-15-21-30(26)45(32(27)40)37(50)52-39(9,10)11/h14-15,19,21,23-25,28-29,31H,12-13,16-18,20,22H2,1-11H3,(H,41,46)(H,42,47)(H,43,49)/t24-,25+,28-,29-,31+/m1/s1. The van der Waals surface area contributed by atoms with Crippen LogP contribution in [0.4, 0.5) is 9.59 Å². The topological polar surface area (TPSA) is 148 Å². The number of nitrogens with zero attached hydrogens (tertiary/aromatic N) is 2. The zero-order valence-electron chi connectivity index (χ0n) is 32.9. The number of amides is 4. The first kappa shape index (κ1) is 42.6. The van der Waals surface area contributed by atoms with Gasteiger partial charge in [-0.3, -0.25) is 9.59 Å². The van der Waals surface area contributed by atoms with Gasteiger partial charge in [-0.15, -0.1) is 0 Å². The van der Waals surface area contributed by atoms with Gasteiger partial charge in [0.1, 0.15) is 34.5 Å². The first-order chi connectivity index (χ1) is 24.1. The Labute approximate surface area is 314 Å². The smallest absolute Gasteiger partial charge is 0.420 e. The average molecular weight is 746 g/mol. The summed E-state index contributed by atoms with van der Waals surface area (Å²) in [7, 11) is 0. The highest BCUT2D eigenvalue weighted by atomic mass is 35.5. The van der Waals surface area contributed by atoms with Gasteiger partial charge in [0.05, 0.1) is 5.52 Å². The largest absolute Gasteiger partial charge is 0.458 e. The number of para-hydroxylation sites is 1. The van der Waals surface area contributed by atoms with Gasteiger partial charge in [0.25, 0.3) is 0 Å². The van der Waals surface area contributed by atoms with Crippen LogP contribution in [-0.4, -0.2) is 80.8 Å². The molecule has 290 valence electrons. The number of fused-ring (bicyclic) bond motifs is 1. The lowest BCUT2D eigenvalue weighted by Crippen LogP contribution is -2.60. The highest BCUT2D eigenvalue weighted by Gasteiger charge is 2.36. The van der Waals surface area contributed by atoms with Crippen LogP contribution < -0.4 is 16.0 Å². The summed E-state index contributed by atoms with van der Waals surface area (Å²) < 4.78 is 12.5. The Morgan fingerprint density at radius 1 is 0.865 bits per heavy atom. The number of halogens is 1. The van der Waals surface area contributed by atoms with Crippen molar-refractivity contribution in [3.05, 3.63) is 35.0 Å². The Bertz CT molecular complexity index is 1580. The van der Waals surface area contributed by atoms with Crippen molar-refractivity contribution in [1.29, 1.82) is 0 Å². The van der Waals surface area contributed by atoms with Gasteiger partial charge in [-0.25, -0.2) is 19.0 Å². The van der Waals surface area contributed by atoms with Crippen LogP contribution in [0.5, 0.6) is 0 Å². The molecule has 1 aliphatic rings. The van der Waals surface area contributed by atoms with E-state index in [1.807, 2.05) is 34.6 Å². The molecule has 0 unspecified atom stereocenters. The van der Waals surface area contributed by atoms with Gasteiger partial charge in [-0.2, -0.15) is 0 Å². The molecule has 1 aromatic heterocycles. The summed E-state index contributed by atoms with van der Waals surface area (Å²) in [5.74, 6) is -2.14. The van der Waals surface area contributed by atoms with Crippen LogP contribution in [0.25, 0.3) is 10.9 Å². The second-order valence-electron chi connectivity index (χ2n) is 16.3. The minimum atomic E-state index is -1.26. The van der Waals surface area contributed by atoms with Gasteiger partial charge in [0.2, 0.25) is 11.8 Å². The molecule has 1 fully saturated rings. The minimum absolute atomic E-state index is 0.00971. The summed E-state index contributed by atoms with van der Waals surface area (Å²) >= 11 is 6.93. The number of urea groups is 1. The Morgan fingerprint density at radius 3 is 2.00 bits per heavy atom. The number of aromatic nitrogens is 1. The summed E-state index contributed by atoms with van der Waals surface area (Å²) in [6.45, 7) is 20.1. The molecule has 0 spiro atoms. The Morgan fingerprint density at radius 2 is 1.44 bits per heavy atom. The summed E-state index contributed by atoms with van der Waals surface area (Å²) in [4.78, 5) is 70.5. The predicted molar refractivity (Wildman–Crippen MR) is 203 cm³/mol. The fraction of sp³-hybridized carbons (Fsp3) is 0.667. The number of unbranched alkanes of at least 4 members (excludes halogenated alkanes) is 1. The van der Waals surface area contributed by atoms with Crippen molar-refractivity contribution in [3.63, 3.8) is 0 Å². The van der Waals surface area contributed by atoms with E-state index in [1.54, 1.807) is 70.7 Å². The lowest BCUT2D eigenvalue weighted by atomic mass is 9.97.